The van der Waals surface area contributed by atoms with E-state index in [-0.39, 0.29) is 68.0 Å². The van der Waals surface area contributed by atoms with E-state index in [0.717, 1.165) is 34.5 Å². The fourth-order valence-electron chi connectivity index (χ4n) is 9.09. The van der Waals surface area contributed by atoms with E-state index >= 15 is 8.78 Å². The zero-order chi connectivity index (χ0) is 41.9. The van der Waals surface area contributed by atoms with Gasteiger partial charge in [0.2, 0.25) is 5.91 Å². The number of nitrogens with one attached hydrogen (secondary N) is 2. The Morgan fingerprint density at radius 1 is 0.917 bits per heavy atom. The van der Waals surface area contributed by atoms with E-state index in [4.69, 9.17) is 27.4 Å². The van der Waals surface area contributed by atoms with Gasteiger partial charge < -0.3 is 20.9 Å². The van der Waals surface area contributed by atoms with Crippen LogP contribution in [0, 0.1) is 5.41 Å². The fraction of sp³-hybridized carbons (Fsp3) is 0.357. The molecule has 9 rings (SSSR count). The van der Waals surface area contributed by atoms with Crippen molar-refractivity contribution >= 4 is 63.9 Å². The summed E-state index contributed by atoms with van der Waals surface area (Å²) in [6.07, 6.45) is 4.65. The van der Waals surface area contributed by atoms with Crippen LogP contribution in [0.1, 0.15) is 57.7 Å². The summed E-state index contributed by atoms with van der Waals surface area (Å²) in [5, 5.41) is 10.4. The number of aromatic nitrogens is 4. The first-order valence-corrected chi connectivity index (χ1v) is 20.2. The van der Waals surface area contributed by atoms with Crippen molar-refractivity contribution in [1.82, 2.24) is 34.7 Å². The Morgan fingerprint density at radius 2 is 1.70 bits per heavy atom. The van der Waals surface area contributed by atoms with Crippen LogP contribution in [0.4, 0.5) is 36.5 Å². The summed E-state index contributed by atoms with van der Waals surface area (Å²) in [5.41, 5.74) is 11.0. The Balaban J connectivity index is 0.840. The summed E-state index contributed by atoms with van der Waals surface area (Å²) >= 11 is 6.37. The molecule has 4 aliphatic rings. The molecule has 3 saturated heterocycles. The number of amides is 5. The number of primary amides is 1. The summed E-state index contributed by atoms with van der Waals surface area (Å²) < 4.78 is 33.8. The number of urea groups is 1. The molecular formula is C42H42ClF2N11O4. The first kappa shape index (κ1) is 39.3. The number of benzene rings is 2. The average Bonchev–Trinajstić information content (AvgIpc) is 3.88. The standard InChI is InChI=1S/C42H42ClF2N11O4/c1-47-31-20-35(51-56-34(37(46)58)22-49-38(31)56)54-14-9-28-27(3-2-4-32(28)54)30-8-5-25(21-48-30)23-52-16-11-41(42(44,45)24-52)12-17-53(18-13-41)39(59)26-6-7-29(43)33(19-26)55-15-10-36(57)50-40(55)60/h2-8,19-22,47H,9-18,23-24H2,1H3,(H2,46,58)(H,50,57,60). The number of fused-ring (bicyclic) bond motifs is 2. The molecule has 0 radical (unpaired) electrons. The monoisotopic (exact) mass is 837 g/mol. The first-order chi connectivity index (χ1) is 28.8. The van der Waals surface area contributed by atoms with Gasteiger partial charge in [0.25, 0.3) is 17.7 Å². The molecule has 0 atom stereocenters. The number of likely N-dealkylation sites (tertiary alicyclic amines) is 2. The highest BCUT2D eigenvalue weighted by Crippen LogP contribution is 2.51. The Bertz CT molecular complexity index is 2560. The summed E-state index contributed by atoms with van der Waals surface area (Å²) in [5.74, 6) is -3.67. The Morgan fingerprint density at radius 3 is 2.42 bits per heavy atom. The van der Waals surface area contributed by atoms with Gasteiger partial charge in [0.05, 0.1) is 34.8 Å². The number of nitrogens with two attached hydrogens (primary N) is 1. The average molecular weight is 838 g/mol. The van der Waals surface area contributed by atoms with Crippen molar-refractivity contribution in [2.45, 2.75) is 44.6 Å². The maximum absolute atomic E-state index is 16.2. The summed E-state index contributed by atoms with van der Waals surface area (Å²) in [7, 11) is 1.78. The number of halogens is 3. The second kappa shape index (κ2) is 15.1. The smallest absolute Gasteiger partial charge is 0.328 e. The van der Waals surface area contributed by atoms with Crippen molar-refractivity contribution in [3.8, 4) is 11.3 Å². The predicted molar refractivity (Wildman–Crippen MR) is 221 cm³/mol. The van der Waals surface area contributed by atoms with E-state index in [1.807, 2.05) is 36.4 Å². The number of nitrogens with zero attached hydrogens (tertiary/aromatic N) is 8. The van der Waals surface area contributed by atoms with Crippen LogP contribution < -0.4 is 26.2 Å². The lowest BCUT2D eigenvalue weighted by molar-refractivity contribution is -0.186. The van der Waals surface area contributed by atoms with E-state index in [1.54, 1.807) is 29.1 Å². The number of hydrogen-bond donors (Lipinski definition) is 3. The summed E-state index contributed by atoms with van der Waals surface area (Å²) in [6.45, 7) is 1.57. The number of rotatable bonds is 8. The molecule has 2 aromatic carbocycles. The fourth-order valence-corrected chi connectivity index (χ4v) is 9.31. The largest absolute Gasteiger partial charge is 0.385 e. The number of imidazole rings is 1. The molecule has 5 amide bonds. The van der Waals surface area contributed by atoms with Gasteiger partial charge in [-0.25, -0.2) is 23.1 Å². The van der Waals surface area contributed by atoms with Crippen LogP contribution in [-0.2, 0) is 17.8 Å². The van der Waals surface area contributed by atoms with E-state index in [0.29, 0.717) is 54.5 Å². The van der Waals surface area contributed by atoms with Crippen LogP contribution in [0.2, 0.25) is 5.02 Å². The normalized spacial score (nSPS) is 18.8. The number of carbonyl (C=O) groups is 4. The molecule has 4 N–H and O–H groups in total. The van der Waals surface area contributed by atoms with Gasteiger partial charge in [0.15, 0.2) is 11.5 Å². The highest BCUT2D eigenvalue weighted by atomic mass is 35.5. The first-order valence-electron chi connectivity index (χ1n) is 19.9. The van der Waals surface area contributed by atoms with Crippen molar-refractivity contribution in [2.75, 3.05) is 61.4 Å². The lowest BCUT2D eigenvalue weighted by atomic mass is 9.68. The van der Waals surface area contributed by atoms with Crippen molar-refractivity contribution in [2.24, 2.45) is 11.1 Å². The van der Waals surface area contributed by atoms with Gasteiger partial charge >= 0.3 is 6.03 Å². The third kappa shape index (κ3) is 6.84. The second-order valence-corrected chi connectivity index (χ2v) is 16.2. The molecular weight excluding hydrogens is 796 g/mol. The molecule has 310 valence electrons. The zero-order valence-corrected chi connectivity index (χ0v) is 33.5. The van der Waals surface area contributed by atoms with Gasteiger partial charge in [-0.15, -0.1) is 5.10 Å². The number of hydrogen-bond acceptors (Lipinski definition) is 10. The summed E-state index contributed by atoms with van der Waals surface area (Å²) in [4.78, 5) is 65.6. The molecule has 0 saturated carbocycles. The molecule has 3 fully saturated rings. The lowest BCUT2D eigenvalue weighted by Gasteiger charge is -2.51. The lowest BCUT2D eigenvalue weighted by Crippen LogP contribution is -2.59. The van der Waals surface area contributed by atoms with Gasteiger partial charge in [-0.05, 0) is 73.7 Å². The molecule has 0 bridgehead atoms. The molecule has 18 heteroatoms. The molecule has 4 aliphatic heterocycles. The number of imide groups is 1. The minimum absolute atomic E-state index is 0.104. The van der Waals surface area contributed by atoms with Crippen LogP contribution in [0.25, 0.3) is 16.9 Å². The van der Waals surface area contributed by atoms with Crippen LogP contribution in [0.15, 0.2) is 67.0 Å². The van der Waals surface area contributed by atoms with Crippen LogP contribution >= 0.6 is 11.6 Å². The van der Waals surface area contributed by atoms with Crippen molar-refractivity contribution in [3.05, 3.63) is 94.4 Å². The van der Waals surface area contributed by atoms with Gasteiger partial charge in [-0.1, -0.05) is 29.8 Å². The Hall–Kier alpha value is -6.20. The van der Waals surface area contributed by atoms with Crippen molar-refractivity contribution in [1.29, 1.82) is 0 Å². The van der Waals surface area contributed by atoms with E-state index < -0.39 is 23.3 Å². The number of anilines is 4. The zero-order valence-electron chi connectivity index (χ0n) is 32.8. The molecule has 0 aliphatic carbocycles. The number of alkyl halides is 2. The van der Waals surface area contributed by atoms with Crippen molar-refractivity contribution < 1.29 is 28.0 Å². The quantitative estimate of drug-likeness (QED) is 0.181. The molecule has 15 nitrogen and oxygen atoms in total. The maximum atomic E-state index is 16.2. The third-order valence-electron chi connectivity index (χ3n) is 12.4. The Labute approximate surface area is 348 Å². The van der Waals surface area contributed by atoms with Crippen LogP contribution in [0.3, 0.4) is 0 Å². The number of carbonyl (C=O) groups excluding carboxylic acids is 4. The predicted octanol–water partition coefficient (Wildman–Crippen LogP) is 5.49. The molecule has 7 heterocycles. The van der Waals surface area contributed by atoms with Gasteiger partial charge in [-0.2, -0.15) is 0 Å². The molecule has 60 heavy (non-hydrogen) atoms. The van der Waals surface area contributed by atoms with E-state index in [9.17, 15) is 19.2 Å². The highest BCUT2D eigenvalue weighted by molar-refractivity contribution is 6.34. The van der Waals surface area contributed by atoms with Gasteiger partial charge in [0, 0.05) is 80.7 Å². The molecule has 3 aromatic heterocycles. The van der Waals surface area contributed by atoms with E-state index in [2.05, 4.69) is 20.5 Å². The van der Waals surface area contributed by atoms with Crippen LogP contribution in [-0.4, -0.2) is 105 Å². The molecule has 0 unspecified atom stereocenters. The van der Waals surface area contributed by atoms with Crippen LogP contribution in [0.5, 0.6) is 0 Å². The minimum Gasteiger partial charge on any atom is -0.385 e. The number of piperidine rings is 2. The topological polar surface area (TPSA) is 174 Å². The van der Waals surface area contributed by atoms with E-state index in [1.165, 1.54) is 27.7 Å². The SMILES string of the molecule is CNc1cc(N2CCc3c(-c4ccc(CN5CCC6(CCN(C(=O)c7ccc(Cl)c(N8CCC(=O)NC8=O)c7)CC6)C(F)(F)C5)cn4)cccc32)nn2c(C(N)=O)cnc12. The second-order valence-electron chi connectivity index (χ2n) is 15.8. The summed E-state index contributed by atoms with van der Waals surface area (Å²) in [6, 6.07) is 15.8. The molecule has 1 spiro atoms. The van der Waals surface area contributed by atoms with Gasteiger partial charge in [0.1, 0.15) is 5.69 Å². The maximum Gasteiger partial charge on any atom is 0.328 e. The third-order valence-corrected chi connectivity index (χ3v) is 12.8. The van der Waals surface area contributed by atoms with Crippen molar-refractivity contribution in [3.63, 3.8) is 0 Å². The minimum atomic E-state index is -2.97. The van der Waals surface area contributed by atoms with Gasteiger partial charge in [-0.3, -0.25) is 34.5 Å². The number of pyridine rings is 1. The molecule has 5 aromatic rings. The highest BCUT2D eigenvalue weighted by Gasteiger charge is 2.57. The Kier molecular flexibility index (Phi) is 9.90.